The zero-order chi connectivity index (χ0) is 16.5. The van der Waals surface area contributed by atoms with Crippen molar-refractivity contribution in [3.05, 3.63) is 66.6 Å². The highest BCUT2D eigenvalue weighted by Gasteiger charge is 2.12. The van der Waals surface area contributed by atoms with E-state index >= 15 is 0 Å². The van der Waals surface area contributed by atoms with Crippen LogP contribution in [0.2, 0.25) is 0 Å². The van der Waals surface area contributed by atoms with E-state index < -0.39 is 11.7 Å². The lowest BCUT2D eigenvalue weighted by molar-refractivity contribution is 0.102. The van der Waals surface area contributed by atoms with E-state index in [-0.39, 0.29) is 5.69 Å². The van der Waals surface area contributed by atoms with E-state index in [0.29, 0.717) is 17.0 Å². The number of carbonyl (C=O) groups excluding carboxylic acids is 1. The van der Waals surface area contributed by atoms with Gasteiger partial charge in [0.2, 0.25) is 0 Å². The molecule has 0 aliphatic carbocycles. The van der Waals surface area contributed by atoms with Crippen molar-refractivity contribution < 1.29 is 9.18 Å². The van der Waals surface area contributed by atoms with Crippen LogP contribution in [-0.4, -0.2) is 30.5 Å². The molecule has 3 heterocycles. The average molecular weight is 322 g/mol. The van der Waals surface area contributed by atoms with E-state index in [9.17, 15) is 9.18 Å². The first-order chi connectivity index (χ1) is 11.7. The highest BCUT2D eigenvalue weighted by molar-refractivity contribution is 6.04. The van der Waals surface area contributed by atoms with Gasteiger partial charge < -0.3 is 9.72 Å². The molecule has 0 spiro atoms. The number of aromatic nitrogens is 5. The van der Waals surface area contributed by atoms with Gasteiger partial charge in [-0.05, 0) is 30.3 Å². The van der Waals surface area contributed by atoms with Crippen molar-refractivity contribution in [1.29, 1.82) is 0 Å². The van der Waals surface area contributed by atoms with Crippen LogP contribution < -0.4 is 5.32 Å². The summed E-state index contributed by atoms with van der Waals surface area (Å²) in [5, 5.41) is 9.03. The monoisotopic (exact) mass is 322 g/mol. The first-order valence-electron chi connectivity index (χ1n) is 7.10. The van der Waals surface area contributed by atoms with Crippen molar-refractivity contribution in [1.82, 2.24) is 24.6 Å². The second kappa shape index (κ2) is 5.58. The van der Waals surface area contributed by atoms with Gasteiger partial charge >= 0.3 is 0 Å². The number of halogens is 1. The van der Waals surface area contributed by atoms with Crippen molar-refractivity contribution in [3.8, 4) is 11.4 Å². The molecule has 0 aliphatic rings. The van der Waals surface area contributed by atoms with Crippen LogP contribution >= 0.6 is 0 Å². The summed E-state index contributed by atoms with van der Waals surface area (Å²) in [5.74, 6) is -0.458. The molecule has 0 atom stereocenters. The molecule has 0 aliphatic heterocycles. The summed E-state index contributed by atoms with van der Waals surface area (Å²) in [6, 6.07) is 7.69. The topological polar surface area (TPSA) is 88.0 Å². The zero-order valence-electron chi connectivity index (χ0n) is 12.3. The molecule has 0 saturated carbocycles. The number of amides is 1. The number of rotatable bonds is 3. The second-order valence-corrected chi connectivity index (χ2v) is 5.09. The molecule has 0 bridgehead atoms. The highest BCUT2D eigenvalue weighted by atomic mass is 19.1. The molecule has 1 aromatic carbocycles. The first kappa shape index (κ1) is 14.1. The van der Waals surface area contributed by atoms with E-state index in [2.05, 4.69) is 25.5 Å². The van der Waals surface area contributed by atoms with Crippen molar-refractivity contribution in [3.63, 3.8) is 0 Å². The normalized spacial score (nSPS) is 10.9. The lowest BCUT2D eigenvalue weighted by Gasteiger charge is -2.08. The summed E-state index contributed by atoms with van der Waals surface area (Å²) in [7, 11) is 0. The Morgan fingerprint density at radius 2 is 2.12 bits per heavy atom. The van der Waals surface area contributed by atoms with Crippen LogP contribution in [0, 0.1) is 5.82 Å². The summed E-state index contributed by atoms with van der Waals surface area (Å²) < 4.78 is 15.7. The van der Waals surface area contributed by atoms with E-state index in [1.807, 2.05) is 0 Å². The third-order valence-electron chi connectivity index (χ3n) is 3.55. The minimum Gasteiger partial charge on any atom is -0.319 e. The molecule has 0 unspecified atom stereocenters. The summed E-state index contributed by atoms with van der Waals surface area (Å²) >= 11 is 0. The number of hydrogen-bond acceptors (Lipinski definition) is 4. The van der Waals surface area contributed by atoms with Gasteiger partial charge in [-0.3, -0.25) is 9.89 Å². The third kappa shape index (κ3) is 2.50. The smallest absolute Gasteiger partial charge is 0.257 e. The van der Waals surface area contributed by atoms with Gasteiger partial charge in [0.15, 0.2) is 5.82 Å². The quantitative estimate of drug-likeness (QED) is 0.606. The van der Waals surface area contributed by atoms with Crippen LogP contribution in [0.1, 0.15) is 10.4 Å². The van der Waals surface area contributed by atoms with Gasteiger partial charge in [-0.2, -0.15) is 5.10 Å². The number of fused-ring (bicyclic) bond motifs is 1. The Balaban J connectivity index is 1.64. The van der Waals surface area contributed by atoms with Crippen LogP contribution in [0.3, 0.4) is 0 Å². The number of anilines is 1. The van der Waals surface area contributed by atoms with E-state index in [0.717, 1.165) is 5.65 Å². The highest BCUT2D eigenvalue weighted by Crippen LogP contribution is 2.22. The van der Waals surface area contributed by atoms with Gasteiger partial charge in [0.1, 0.15) is 17.8 Å². The number of pyridine rings is 1. The van der Waals surface area contributed by atoms with Crippen molar-refractivity contribution >= 4 is 17.2 Å². The van der Waals surface area contributed by atoms with Gasteiger partial charge in [0.25, 0.3) is 5.91 Å². The molecule has 0 radical (unpaired) electrons. The summed E-state index contributed by atoms with van der Waals surface area (Å²) in [6.45, 7) is 0. The largest absolute Gasteiger partial charge is 0.319 e. The molecular weight excluding hydrogens is 311 g/mol. The lowest BCUT2D eigenvalue weighted by atomic mass is 10.1. The Kier molecular flexibility index (Phi) is 3.27. The lowest BCUT2D eigenvalue weighted by Crippen LogP contribution is -2.13. The van der Waals surface area contributed by atoms with Gasteiger partial charge in [0, 0.05) is 24.2 Å². The standard InChI is InChI=1S/C16H11FN6O/c17-12-3-1-10(15-19-9-20-22-15)7-13(12)21-16(24)11-2-4-14-18-5-6-23(14)8-11/h1-9H,(H,21,24)(H,19,20,22). The first-order valence-corrected chi connectivity index (χ1v) is 7.10. The number of nitrogens with one attached hydrogen (secondary N) is 2. The van der Waals surface area contributed by atoms with Crippen LogP contribution in [0.25, 0.3) is 17.0 Å². The molecule has 1 amide bonds. The third-order valence-corrected chi connectivity index (χ3v) is 3.55. The van der Waals surface area contributed by atoms with Crippen molar-refractivity contribution in [2.24, 2.45) is 0 Å². The Labute approximate surface area is 135 Å². The molecule has 118 valence electrons. The van der Waals surface area contributed by atoms with Crippen LogP contribution in [0.5, 0.6) is 0 Å². The molecule has 3 aromatic heterocycles. The van der Waals surface area contributed by atoms with Gasteiger partial charge in [-0.1, -0.05) is 0 Å². The molecule has 7 nitrogen and oxygen atoms in total. The van der Waals surface area contributed by atoms with Crippen LogP contribution in [0.15, 0.2) is 55.2 Å². The van der Waals surface area contributed by atoms with Gasteiger partial charge in [-0.15, -0.1) is 0 Å². The fraction of sp³-hybridized carbons (Fsp3) is 0. The molecule has 4 aromatic rings. The van der Waals surface area contributed by atoms with Crippen LogP contribution in [-0.2, 0) is 0 Å². The SMILES string of the molecule is O=C(Nc1cc(-c2ncn[nH]2)ccc1F)c1ccc2nccn2c1. The van der Waals surface area contributed by atoms with Crippen LogP contribution in [0.4, 0.5) is 10.1 Å². The number of aromatic amines is 1. The maximum Gasteiger partial charge on any atom is 0.257 e. The Bertz CT molecular complexity index is 1020. The predicted molar refractivity (Wildman–Crippen MR) is 84.9 cm³/mol. The molecule has 4 rings (SSSR count). The average Bonchev–Trinajstić information content (AvgIpc) is 3.27. The van der Waals surface area contributed by atoms with E-state index in [1.54, 1.807) is 41.2 Å². The molecule has 0 fully saturated rings. The summed E-state index contributed by atoms with van der Waals surface area (Å²) in [5.41, 5.74) is 1.81. The zero-order valence-corrected chi connectivity index (χ0v) is 12.3. The number of hydrogen-bond donors (Lipinski definition) is 2. The molecule has 2 N–H and O–H groups in total. The number of benzene rings is 1. The van der Waals surface area contributed by atoms with Crippen molar-refractivity contribution in [2.45, 2.75) is 0 Å². The summed E-state index contributed by atoms with van der Waals surface area (Å²) in [6.07, 6.45) is 6.36. The fourth-order valence-electron chi connectivity index (χ4n) is 2.36. The molecule has 8 heteroatoms. The Morgan fingerprint density at radius 3 is 2.96 bits per heavy atom. The minimum absolute atomic E-state index is 0.0691. The Hall–Kier alpha value is -3.55. The molecule has 0 saturated heterocycles. The van der Waals surface area contributed by atoms with Crippen molar-refractivity contribution in [2.75, 3.05) is 5.32 Å². The maximum absolute atomic E-state index is 14.0. The second-order valence-electron chi connectivity index (χ2n) is 5.09. The predicted octanol–water partition coefficient (Wildman–Crippen LogP) is 2.51. The Morgan fingerprint density at radius 1 is 1.21 bits per heavy atom. The number of imidazole rings is 1. The number of carbonyl (C=O) groups is 1. The maximum atomic E-state index is 14.0. The molecular formula is C16H11FN6O. The van der Waals surface area contributed by atoms with Gasteiger partial charge in [-0.25, -0.2) is 14.4 Å². The molecule has 24 heavy (non-hydrogen) atoms. The number of H-pyrrole nitrogens is 1. The minimum atomic E-state index is -0.532. The summed E-state index contributed by atoms with van der Waals surface area (Å²) in [4.78, 5) is 20.5. The van der Waals surface area contributed by atoms with E-state index in [1.165, 1.54) is 18.5 Å². The van der Waals surface area contributed by atoms with E-state index in [4.69, 9.17) is 0 Å². The fourth-order valence-corrected chi connectivity index (χ4v) is 2.36. The van der Waals surface area contributed by atoms with Gasteiger partial charge in [0.05, 0.1) is 11.3 Å². The number of nitrogens with zero attached hydrogens (tertiary/aromatic N) is 4.